The van der Waals surface area contributed by atoms with Gasteiger partial charge < -0.3 is 10.1 Å². The summed E-state index contributed by atoms with van der Waals surface area (Å²) >= 11 is 5.97. The van der Waals surface area contributed by atoms with Crippen molar-refractivity contribution in [1.29, 1.82) is 0 Å². The maximum atomic E-state index is 5.97. The molecule has 0 aliphatic carbocycles. The smallest absolute Gasteiger partial charge is 0.122 e. The number of nitrogens with one attached hydrogen (secondary N) is 1. The van der Waals surface area contributed by atoms with Gasteiger partial charge in [0.05, 0.1) is 6.61 Å². The second-order valence-corrected chi connectivity index (χ2v) is 5.53. The van der Waals surface area contributed by atoms with Gasteiger partial charge in [-0.25, -0.2) is 0 Å². The van der Waals surface area contributed by atoms with Crippen LogP contribution in [0.2, 0.25) is 5.02 Å². The lowest BCUT2D eigenvalue weighted by molar-refractivity contribution is 0.357. The topological polar surface area (TPSA) is 21.3 Å². The van der Waals surface area contributed by atoms with E-state index in [-0.39, 0.29) is 0 Å². The number of fused-ring (bicyclic) bond motifs is 1. The second-order valence-electron chi connectivity index (χ2n) is 5.10. The van der Waals surface area contributed by atoms with E-state index in [0.29, 0.717) is 0 Å². The van der Waals surface area contributed by atoms with Crippen LogP contribution in [0.5, 0.6) is 5.75 Å². The highest BCUT2D eigenvalue weighted by Gasteiger charge is 2.11. The molecule has 1 aliphatic heterocycles. The van der Waals surface area contributed by atoms with Crippen LogP contribution in [0.4, 0.5) is 0 Å². The van der Waals surface area contributed by atoms with E-state index in [1.165, 1.54) is 16.7 Å². The minimum atomic E-state index is 0.794. The lowest BCUT2D eigenvalue weighted by Crippen LogP contribution is -2.16. The highest BCUT2D eigenvalue weighted by Crippen LogP contribution is 2.25. The summed E-state index contributed by atoms with van der Waals surface area (Å²) in [5.41, 5.74) is 3.94. The summed E-state index contributed by atoms with van der Waals surface area (Å²) in [6, 6.07) is 14.5. The van der Waals surface area contributed by atoms with Crippen LogP contribution < -0.4 is 10.1 Å². The van der Waals surface area contributed by atoms with Crippen LogP contribution in [0.3, 0.4) is 0 Å². The molecule has 0 fully saturated rings. The average molecular weight is 288 g/mol. The summed E-state index contributed by atoms with van der Waals surface area (Å²) < 4.78 is 5.52. The normalized spacial score (nSPS) is 13.1. The molecular formula is C17H18ClNO. The standard InChI is InChI=1S/C17H18ClNO/c18-16-3-1-2-14(11-16)12-19-8-6-13-4-5-17-15(10-13)7-9-20-17/h1-5,10-11,19H,6-9,12H2. The molecule has 0 saturated carbocycles. The summed E-state index contributed by atoms with van der Waals surface area (Å²) in [5, 5.41) is 4.25. The Morgan fingerprint density at radius 1 is 1.10 bits per heavy atom. The first-order valence-electron chi connectivity index (χ1n) is 7.01. The van der Waals surface area contributed by atoms with Gasteiger partial charge in [0.1, 0.15) is 5.75 Å². The van der Waals surface area contributed by atoms with Gasteiger partial charge in [-0.1, -0.05) is 35.9 Å². The minimum absolute atomic E-state index is 0.794. The Labute approximate surface area is 124 Å². The molecule has 1 aliphatic rings. The van der Waals surface area contributed by atoms with Crippen molar-refractivity contribution in [1.82, 2.24) is 5.32 Å². The summed E-state index contributed by atoms with van der Waals surface area (Å²) in [6.45, 7) is 2.65. The molecule has 0 bridgehead atoms. The zero-order chi connectivity index (χ0) is 13.8. The predicted octanol–water partition coefficient (Wildman–Crippen LogP) is 3.61. The monoisotopic (exact) mass is 287 g/mol. The fraction of sp³-hybridized carbons (Fsp3) is 0.294. The van der Waals surface area contributed by atoms with Gasteiger partial charge in [-0.2, -0.15) is 0 Å². The zero-order valence-corrected chi connectivity index (χ0v) is 12.1. The fourth-order valence-corrected chi connectivity index (χ4v) is 2.72. The largest absolute Gasteiger partial charge is 0.493 e. The molecule has 0 saturated heterocycles. The molecule has 2 aromatic carbocycles. The number of halogens is 1. The molecule has 20 heavy (non-hydrogen) atoms. The van der Waals surface area contributed by atoms with E-state index in [4.69, 9.17) is 16.3 Å². The summed E-state index contributed by atoms with van der Waals surface area (Å²) in [6.07, 6.45) is 2.08. The fourth-order valence-electron chi connectivity index (χ4n) is 2.51. The first-order chi connectivity index (χ1) is 9.81. The predicted molar refractivity (Wildman–Crippen MR) is 82.5 cm³/mol. The number of hydrogen-bond acceptors (Lipinski definition) is 2. The lowest BCUT2D eigenvalue weighted by Gasteiger charge is -2.07. The molecule has 0 atom stereocenters. The van der Waals surface area contributed by atoms with Gasteiger partial charge in [-0.15, -0.1) is 0 Å². The van der Waals surface area contributed by atoms with Crippen LogP contribution in [0.15, 0.2) is 42.5 Å². The van der Waals surface area contributed by atoms with Gasteiger partial charge in [0.25, 0.3) is 0 Å². The number of ether oxygens (including phenoxy) is 1. The molecule has 104 valence electrons. The second kappa shape index (κ2) is 6.29. The maximum Gasteiger partial charge on any atom is 0.122 e. The van der Waals surface area contributed by atoms with E-state index < -0.39 is 0 Å². The molecule has 3 heteroatoms. The zero-order valence-electron chi connectivity index (χ0n) is 11.4. The van der Waals surface area contributed by atoms with Crippen molar-refractivity contribution in [3.8, 4) is 5.75 Å². The van der Waals surface area contributed by atoms with Gasteiger partial charge in [0, 0.05) is 18.0 Å². The molecule has 0 amide bonds. The minimum Gasteiger partial charge on any atom is -0.493 e. The molecule has 3 rings (SSSR count). The van der Waals surface area contributed by atoms with Gasteiger partial charge in [0.15, 0.2) is 0 Å². The Balaban J connectivity index is 1.48. The Morgan fingerprint density at radius 2 is 2.05 bits per heavy atom. The lowest BCUT2D eigenvalue weighted by atomic mass is 10.1. The van der Waals surface area contributed by atoms with Crippen molar-refractivity contribution < 1.29 is 4.74 Å². The molecule has 2 aromatic rings. The molecule has 0 radical (unpaired) electrons. The van der Waals surface area contributed by atoms with Crippen molar-refractivity contribution in [3.63, 3.8) is 0 Å². The molecule has 0 unspecified atom stereocenters. The highest BCUT2D eigenvalue weighted by atomic mass is 35.5. The van der Waals surface area contributed by atoms with E-state index in [1.54, 1.807) is 0 Å². The van der Waals surface area contributed by atoms with E-state index in [0.717, 1.165) is 43.3 Å². The number of benzene rings is 2. The third kappa shape index (κ3) is 3.33. The molecule has 2 nitrogen and oxygen atoms in total. The molecular weight excluding hydrogens is 270 g/mol. The van der Waals surface area contributed by atoms with Crippen molar-refractivity contribution in [2.45, 2.75) is 19.4 Å². The van der Waals surface area contributed by atoms with Crippen LogP contribution in [0, 0.1) is 0 Å². The number of rotatable bonds is 5. The summed E-state index contributed by atoms with van der Waals surface area (Å²) in [4.78, 5) is 0. The quantitative estimate of drug-likeness (QED) is 0.848. The van der Waals surface area contributed by atoms with Crippen LogP contribution in [0.25, 0.3) is 0 Å². The summed E-state index contributed by atoms with van der Waals surface area (Å²) in [5.74, 6) is 1.06. The van der Waals surface area contributed by atoms with E-state index in [9.17, 15) is 0 Å². The van der Waals surface area contributed by atoms with Gasteiger partial charge >= 0.3 is 0 Å². The van der Waals surface area contributed by atoms with Crippen molar-refractivity contribution in [2.75, 3.05) is 13.2 Å². The van der Waals surface area contributed by atoms with Crippen molar-refractivity contribution in [3.05, 3.63) is 64.2 Å². The average Bonchev–Trinajstić information content (AvgIpc) is 2.91. The van der Waals surface area contributed by atoms with Crippen LogP contribution in [-0.2, 0) is 19.4 Å². The summed E-state index contributed by atoms with van der Waals surface area (Å²) in [7, 11) is 0. The van der Waals surface area contributed by atoms with Crippen molar-refractivity contribution >= 4 is 11.6 Å². The van der Waals surface area contributed by atoms with Crippen LogP contribution >= 0.6 is 11.6 Å². The van der Waals surface area contributed by atoms with Gasteiger partial charge in [-0.05, 0) is 47.9 Å². The molecule has 1 N–H and O–H groups in total. The third-order valence-corrected chi connectivity index (χ3v) is 3.80. The number of hydrogen-bond donors (Lipinski definition) is 1. The van der Waals surface area contributed by atoms with Crippen LogP contribution in [0.1, 0.15) is 16.7 Å². The molecule has 0 spiro atoms. The first-order valence-corrected chi connectivity index (χ1v) is 7.39. The Morgan fingerprint density at radius 3 is 2.95 bits per heavy atom. The van der Waals surface area contributed by atoms with E-state index in [2.05, 4.69) is 29.6 Å². The van der Waals surface area contributed by atoms with E-state index >= 15 is 0 Å². The SMILES string of the molecule is Clc1cccc(CNCCc2ccc3c(c2)CCO3)c1. The third-order valence-electron chi connectivity index (χ3n) is 3.56. The Kier molecular flexibility index (Phi) is 4.24. The first kappa shape index (κ1) is 13.5. The van der Waals surface area contributed by atoms with Crippen molar-refractivity contribution in [2.24, 2.45) is 0 Å². The molecule has 0 aromatic heterocycles. The molecule has 1 heterocycles. The Bertz CT molecular complexity index is 597. The highest BCUT2D eigenvalue weighted by molar-refractivity contribution is 6.30. The van der Waals surface area contributed by atoms with E-state index in [1.807, 2.05) is 18.2 Å². The Hall–Kier alpha value is -1.51. The maximum absolute atomic E-state index is 5.97. The van der Waals surface area contributed by atoms with Gasteiger partial charge in [0.2, 0.25) is 0 Å². The van der Waals surface area contributed by atoms with Crippen LogP contribution in [-0.4, -0.2) is 13.2 Å². The van der Waals surface area contributed by atoms with Gasteiger partial charge in [-0.3, -0.25) is 0 Å².